The van der Waals surface area contributed by atoms with Crippen LogP contribution in [0.15, 0.2) is 47.5 Å². The second-order valence-corrected chi connectivity index (χ2v) is 7.63. The van der Waals surface area contributed by atoms with Gasteiger partial charge in [0.15, 0.2) is 5.17 Å². The van der Waals surface area contributed by atoms with Crippen LogP contribution in [0.4, 0.5) is 11.4 Å². The van der Waals surface area contributed by atoms with Gasteiger partial charge in [-0.3, -0.25) is 9.59 Å². The van der Waals surface area contributed by atoms with Gasteiger partial charge in [0.25, 0.3) is 0 Å². The average molecular weight is 388 g/mol. The van der Waals surface area contributed by atoms with Crippen LogP contribution in [-0.4, -0.2) is 22.2 Å². The smallest absolute Gasteiger partial charge is 0.240 e. The zero-order chi connectivity index (χ0) is 18.7. The molecule has 2 aromatic carbocycles. The molecule has 2 amide bonds. The molecule has 1 aliphatic rings. The molecule has 1 atom stereocenters. The highest BCUT2D eigenvalue weighted by Crippen LogP contribution is 2.29. The van der Waals surface area contributed by atoms with Gasteiger partial charge in [0, 0.05) is 12.1 Å². The van der Waals surface area contributed by atoms with Gasteiger partial charge in [-0.05, 0) is 43.2 Å². The Balaban J connectivity index is 1.65. The third-order valence-electron chi connectivity index (χ3n) is 3.89. The number of halogens is 1. The van der Waals surface area contributed by atoms with Crippen molar-refractivity contribution in [2.45, 2.75) is 25.5 Å². The molecule has 1 aliphatic heterocycles. The van der Waals surface area contributed by atoms with E-state index in [1.165, 1.54) is 11.8 Å². The molecule has 26 heavy (non-hydrogen) atoms. The third kappa shape index (κ3) is 4.45. The molecule has 1 heterocycles. The first-order chi connectivity index (χ1) is 12.4. The number of aliphatic imine (C=N–C) groups is 1. The number of nitrogens with zero attached hydrogens (tertiary/aromatic N) is 1. The SMILES string of the molecule is Cc1ccc(C)c(NC(=O)C[C@H]2SC(=Nc3ccccc3Cl)NC2=O)c1. The van der Waals surface area contributed by atoms with Crippen LogP contribution >= 0.6 is 23.4 Å². The largest absolute Gasteiger partial charge is 0.326 e. The molecule has 3 rings (SSSR count). The van der Waals surface area contributed by atoms with Gasteiger partial charge >= 0.3 is 0 Å². The summed E-state index contributed by atoms with van der Waals surface area (Å²) in [7, 11) is 0. The van der Waals surface area contributed by atoms with Crippen molar-refractivity contribution in [3.63, 3.8) is 0 Å². The molecule has 0 aromatic heterocycles. The van der Waals surface area contributed by atoms with E-state index in [1.807, 2.05) is 44.2 Å². The lowest BCUT2D eigenvalue weighted by Gasteiger charge is -2.10. The Kier molecular flexibility index (Phi) is 5.64. The molecule has 134 valence electrons. The number of carbonyl (C=O) groups excluding carboxylic acids is 2. The van der Waals surface area contributed by atoms with E-state index in [-0.39, 0.29) is 18.2 Å². The average Bonchev–Trinajstić information content (AvgIpc) is 2.92. The molecule has 0 spiro atoms. The first kappa shape index (κ1) is 18.5. The summed E-state index contributed by atoms with van der Waals surface area (Å²) in [5, 5.41) is 6.03. The number of aryl methyl sites for hydroxylation is 2. The van der Waals surface area contributed by atoms with E-state index in [4.69, 9.17) is 11.6 Å². The number of benzene rings is 2. The topological polar surface area (TPSA) is 70.6 Å². The minimum Gasteiger partial charge on any atom is -0.326 e. The van der Waals surface area contributed by atoms with Crippen molar-refractivity contribution in [2.24, 2.45) is 4.99 Å². The Hall–Kier alpha value is -2.31. The van der Waals surface area contributed by atoms with Crippen molar-refractivity contribution in [1.29, 1.82) is 0 Å². The summed E-state index contributed by atoms with van der Waals surface area (Å²) in [5.74, 6) is -0.428. The molecule has 1 saturated heterocycles. The van der Waals surface area contributed by atoms with E-state index in [0.717, 1.165) is 16.8 Å². The maximum Gasteiger partial charge on any atom is 0.240 e. The van der Waals surface area contributed by atoms with E-state index in [1.54, 1.807) is 12.1 Å². The fourth-order valence-corrected chi connectivity index (χ4v) is 3.64. The first-order valence-corrected chi connectivity index (χ1v) is 9.36. The van der Waals surface area contributed by atoms with Crippen LogP contribution in [0.1, 0.15) is 17.5 Å². The molecule has 1 fully saturated rings. The highest BCUT2D eigenvalue weighted by atomic mass is 35.5. The number of carbonyl (C=O) groups is 2. The van der Waals surface area contributed by atoms with Crippen molar-refractivity contribution in [3.05, 3.63) is 58.6 Å². The number of hydrogen-bond donors (Lipinski definition) is 2. The Morgan fingerprint density at radius 1 is 1.27 bits per heavy atom. The summed E-state index contributed by atoms with van der Waals surface area (Å²) in [5.41, 5.74) is 3.39. The lowest BCUT2D eigenvalue weighted by molar-refractivity contribution is -0.122. The summed E-state index contributed by atoms with van der Waals surface area (Å²) in [6, 6.07) is 13.0. The molecule has 0 saturated carbocycles. The predicted octanol–water partition coefficient (Wildman–Crippen LogP) is 4.20. The van der Waals surface area contributed by atoms with E-state index in [0.29, 0.717) is 15.9 Å². The number of anilines is 1. The molecule has 2 aromatic rings. The zero-order valence-electron chi connectivity index (χ0n) is 14.4. The van der Waals surface area contributed by atoms with Gasteiger partial charge in [-0.2, -0.15) is 0 Å². The van der Waals surface area contributed by atoms with Crippen LogP contribution in [-0.2, 0) is 9.59 Å². The van der Waals surface area contributed by atoms with Gasteiger partial charge in [-0.1, -0.05) is 47.6 Å². The van der Waals surface area contributed by atoms with Gasteiger partial charge in [-0.25, -0.2) is 4.99 Å². The monoisotopic (exact) mass is 387 g/mol. The van der Waals surface area contributed by atoms with E-state index in [9.17, 15) is 9.59 Å². The minimum absolute atomic E-state index is 0.0748. The second kappa shape index (κ2) is 7.93. The Morgan fingerprint density at radius 2 is 2.04 bits per heavy atom. The summed E-state index contributed by atoms with van der Waals surface area (Å²) in [4.78, 5) is 28.8. The van der Waals surface area contributed by atoms with Crippen LogP contribution in [0, 0.1) is 13.8 Å². The number of amidine groups is 1. The van der Waals surface area contributed by atoms with Crippen LogP contribution < -0.4 is 10.6 Å². The molecule has 0 bridgehead atoms. The van der Waals surface area contributed by atoms with Gasteiger partial charge in [0.1, 0.15) is 5.25 Å². The number of nitrogens with one attached hydrogen (secondary N) is 2. The van der Waals surface area contributed by atoms with E-state index >= 15 is 0 Å². The number of thioether (sulfide) groups is 1. The molecular formula is C19H18ClN3O2S. The van der Waals surface area contributed by atoms with Gasteiger partial charge in [0.05, 0.1) is 10.7 Å². The lowest BCUT2D eigenvalue weighted by Crippen LogP contribution is -2.28. The van der Waals surface area contributed by atoms with Crippen LogP contribution in [0.3, 0.4) is 0 Å². The lowest BCUT2D eigenvalue weighted by atomic mass is 10.1. The molecular weight excluding hydrogens is 370 g/mol. The maximum atomic E-state index is 12.3. The quantitative estimate of drug-likeness (QED) is 0.825. The number of para-hydroxylation sites is 1. The summed E-state index contributed by atoms with van der Waals surface area (Å²) in [6.45, 7) is 3.90. The van der Waals surface area contributed by atoms with Crippen LogP contribution in [0.25, 0.3) is 0 Å². The van der Waals surface area contributed by atoms with E-state index in [2.05, 4.69) is 15.6 Å². The molecule has 2 N–H and O–H groups in total. The highest BCUT2D eigenvalue weighted by Gasteiger charge is 2.32. The molecule has 5 nitrogen and oxygen atoms in total. The van der Waals surface area contributed by atoms with Crippen molar-refractivity contribution in [1.82, 2.24) is 5.32 Å². The highest BCUT2D eigenvalue weighted by molar-refractivity contribution is 8.15. The molecule has 7 heteroatoms. The number of hydrogen-bond acceptors (Lipinski definition) is 4. The Morgan fingerprint density at radius 3 is 2.81 bits per heavy atom. The molecule has 0 aliphatic carbocycles. The van der Waals surface area contributed by atoms with Crippen molar-refractivity contribution in [3.8, 4) is 0 Å². The molecule has 0 unspecified atom stereocenters. The number of amides is 2. The predicted molar refractivity (Wildman–Crippen MR) is 107 cm³/mol. The standard InChI is InChI=1S/C19H18ClN3O2S/c1-11-7-8-12(2)15(9-11)21-17(24)10-16-18(25)23-19(26-16)22-14-6-4-3-5-13(14)20/h3-9,16H,10H2,1-2H3,(H,21,24)(H,22,23,25)/t16-/m1/s1. The second-order valence-electron chi connectivity index (χ2n) is 6.03. The van der Waals surface area contributed by atoms with Crippen LogP contribution in [0.2, 0.25) is 5.02 Å². The Labute approximate surface area is 161 Å². The minimum atomic E-state index is -0.513. The Bertz CT molecular complexity index is 898. The fourth-order valence-electron chi connectivity index (χ4n) is 2.48. The van der Waals surface area contributed by atoms with Gasteiger partial charge < -0.3 is 10.6 Å². The zero-order valence-corrected chi connectivity index (χ0v) is 15.9. The maximum absolute atomic E-state index is 12.3. The van der Waals surface area contributed by atoms with Gasteiger partial charge in [-0.15, -0.1) is 0 Å². The third-order valence-corrected chi connectivity index (χ3v) is 5.29. The van der Waals surface area contributed by atoms with E-state index < -0.39 is 5.25 Å². The summed E-state index contributed by atoms with van der Waals surface area (Å²) < 4.78 is 0. The molecule has 0 radical (unpaired) electrons. The normalized spacial score (nSPS) is 18.0. The summed E-state index contributed by atoms with van der Waals surface area (Å²) in [6.07, 6.45) is 0.0748. The summed E-state index contributed by atoms with van der Waals surface area (Å²) >= 11 is 7.32. The number of rotatable bonds is 4. The van der Waals surface area contributed by atoms with Crippen LogP contribution in [0.5, 0.6) is 0 Å². The van der Waals surface area contributed by atoms with Crippen molar-refractivity contribution in [2.75, 3.05) is 5.32 Å². The van der Waals surface area contributed by atoms with Gasteiger partial charge in [0.2, 0.25) is 11.8 Å². The van der Waals surface area contributed by atoms with Crippen molar-refractivity contribution < 1.29 is 9.59 Å². The first-order valence-electron chi connectivity index (χ1n) is 8.10. The fraction of sp³-hybridized carbons (Fsp3) is 0.211. The van der Waals surface area contributed by atoms with Crippen molar-refractivity contribution >= 4 is 51.7 Å².